The van der Waals surface area contributed by atoms with Crippen molar-refractivity contribution in [3.05, 3.63) is 11.9 Å². The summed E-state index contributed by atoms with van der Waals surface area (Å²) in [5.74, 6) is 2.34. The molecule has 1 N–H and O–H groups in total. The summed E-state index contributed by atoms with van der Waals surface area (Å²) in [6.07, 6.45) is 6.21. The monoisotopic (exact) mass is 277 g/mol. The Bertz CT molecular complexity index is 459. The zero-order valence-corrected chi connectivity index (χ0v) is 13.4. The zero-order chi connectivity index (χ0) is 14.8. The van der Waals surface area contributed by atoms with Gasteiger partial charge in [-0.15, -0.1) is 0 Å². The normalized spacial score (nSPS) is 25.2. The van der Waals surface area contributed by atoms with E-state index in [9.17, 15) is 0 Å². The number of ether oxygens (including phenoxy) is 1. The van der Waals surface area contributed by atoms with Crippen molar-refractivity contribution in [1.29, 1.82) is 0 Å². The molecule has 112 valence electrons. The number of hydrogen-bond acceptors (Lipinski definition) is 4. The van der Waals surface area contributed by atoms with Crippen molar-refractivity contribution >= 4 is 5.82 Å². The second-order valence-electron chi connectivity index (χ2n) is 6.76. The van der Waals surface area contributed by atoms with E-state index >= 15 is 0 Å². The van der Waals surface area contributed by atoms with Gasteiger partial charge < -0.3 is 10.1 Å². The van der Waals surface area contributed by atoms with Crippen LogP contribution in [-0.4, -0.2) is 23.1 Å². The van der Waals surface area contributed by atoms with Crippen LogP contribution in [0.5, 0.6) is 5.88 Å². The number of aromatic nitrogens is 2. The highest BCUT2D eigenvalue weighted by Crippen LogP contribution is 2.40. The van der Waals surface area contributed by atoms with Crippen LogP contribution in [0, 0.1) is 11.3 Å². The lowest BCUT2D eigenvalue weighted by Crippen LogP contribution is -2.34. The van der Waals surface area contributed by atoms with Crippen LogP contribution in [0.4, 0.5) is 5.82 Å². The van der Waals surface area contributed by atoms with Crippen LogP contribution >= 0.6 is 0 Å². The Kier molecular flexibility index (Phi) is 4.51. The maximum atomic E-state index is 6.23. The lowest BCUT2D eigenvalue weighted by molar-refractivity contribution is 0.0525. The van der Waals surface area contributed by atoms with Gasteiger partial charge in [0, 0.05) is 7.05 Å². The third-order valence-electron chi connectivity index (χ3n) is 4.12. The van der Waals surface area contributed by atoms with Crippen molar-refractivity contribution in [2.45, 2.75) is 59.5 Å². The van der Waals surface area contributed by atoms with Gasteiger partial charge in [0.05, 0.1) is 5.56 Å². The molecule has 4 nitrogen and oxygen atoms in total. The second kappa shape index (κ2) is 5.98. The molecule has 0 bridgehead atoms. The predicted octanol–water partition coefficient (Wildman–Crippen LogP) is 3.67. The van der Waals surface area contributed by atoms with Crippen molar-refractivity contribution in [3.63, 3.8) is 0 Å². The minimum Gasteiger partial charge on any atom is -0.474 e. The first-order valence-corrected chi connectivity index (χ1v) is 7.63. The Morgan fingerprint density at radius 1 is 1.35 bits per heavy atom. The van der Waals surface area contributed by atoms with Crippen LogP contribution < -0.4 is 10.1 Å². The van der Waals surface area contributed by atoms with Crippen molar-refractivity contribution in [2.75, 3.05) is 12.4 Å². The standard InChI is InChI=1S/C16H27N3O/c1-6-13-14(17-5)18-10-19-15(13)20-12-7-11(2)8-16(3,4)9-12/h10-12H,6-9H2,1-5H3,(H,17,18,19). The van der Waals surface area contributed by atoms with Crippen LogP contribution in [0.25, 0.3) is 0 Å². The zero-order valence-electron chi connectivity index (χ0n) is 13.4. The highest BCUT2D eigenvalue weighted by molar-refractivity contribution is 5.48. The molecule has 0 saturated heterocycles. The molecule has 1 saturated carbocycles. The molecule has 0 aliphatic heterocycles. The van der Waals surface area contributed by atoms with Gasteiger partial charge in [-0.05, 0) is 37.0 Å². The first-order chi connectivity index (χ1) is 9.45. The lowest BCUT2D eigenvalue weighted by Gasteiger charge is -2.38. The highest BCUT2D eigenvalue weighted by Gasteiger charge is 2.33. The molecule has 4 heteroatoms. The van der Waals surface area contributed by atoms with Crippen molar-refractivity contribution in [1.82, 2.24) is 9.97 Å². The average Bonchev–Trinajstić information content (AvgIpc) is 2.35. The molecule has 2 atom stereocenters. The molecule has 20 heavy (non-hydrogen) atoms. The van der Waals surface area contributed by atoms with Gasteiger partial charge in [-0.1, -0.05) is 27.7 Å². The van der Waals surface area contributed by atoms with E-state index in [1.807, 2.05) is 7.05 Å². The first kappa shape index (κ1) is 15.1. The highest BCUT2D eigenvalue weighted by atomic mass is 16.5. The van der Waals surface area contributed by atoms with E-state index in [-0.39, 0.29) is 6.10 Å². The first-order valence-electron chi connectivity index (χ1n) is 7.63. The van der Waals surface area contributed by atoms with Crippen molar-refractivity contribution < 1.29 is 4.74 Å². The molecule has 1 heterocycles. The molecule has 1 aromatic heterocycles. The Balaban J connectivity index is 2.17. The molecular weight excluding hydrogens is 250 g/mol. The van der Waals surface area contributed by atoms with E-state index in [4.69, 9.17) is 4.74 Å². The van der Waals surface area contributed by atoms with Crippen LogP contribution in [-0.2, 0) is 6.42 Å². The molecule has 1 fully saturated rings. The molecule has 0 aromatic carbocycles. The van der Waals surface area contributed by atoms with Crippen molar-refractivity contribution in [3.8, 4) is 5.88 Å². The van der Waals surface area contributed by atoms with E-state index in [1.165, 1.54) is 6.42 Å². The SMILES string of the molecule is CCc1c(NC)ncnc1OC1CC(C)CC(C)(C)C1. The van der Waals surface area contributed by atoms with E-state index in [0.717, 1.165) is 36.5 Å². The molecule has 1 aromatic rings. The van der Waals surface area contributed by atoms with E-state index < -0.39 is 0 Å². The minimum atomic E-state index is 0.263. The van der Waals surface area contributed by atoms with Gasteiger partial charge in [0.25, 0.3) is 0 Å². The summed E-state index contributed by atoms with van der Waals surface area (Å²) in [7, 11) is 1.89. The number of nitrogens with zero attached hydrogens (tertiary/aromatic N) is 2. The maximum Gasteiger partial charge on any atom is 0.222 e. The lowest BCUT2D eigenvalue weighted by atomic mass is 9.71. The van der Waals surface area contributed by atoms with Gasteiger partial charge in [0.15, 0.2) is 0 Å². The summed E-state index contributed by atoms with van der Waals surface area (Å²) < 4.78 is 6.23. The van der Waals surface area contributed by atoms with Crippen LogP contribution in [0.3, 0.4) is 0 Å². The predicted molar refractivity (Wildman–Crippen MR) is 82.2 cm³/mol. The molecule has 1 aliphatic carbocycles. The number of hydrogen-bond donors (Lipinski definition) is 1. The summed E-state index contributed by atoms with van der Waals surface area (Å²) in [5.41, 5.74) is 1.43. The Morgan fingerprint density at radius 2 is 2.10 bits per heavy atom. The largest absolute Gasteiger partial charge is 0.474 e. The molecule has 0 radical (unpaired) electrons. The molecule has 0 amide bonds. The average molecular weight is 277 g/mol. The number of nitrogens with one attached hydrogen (secondary N) is 1. The second-order valence-corrected chi connectivity index (χ2v) is 6.76. The molecular formula is C16H27N3O. The summed E-state index contributed by atoms with van der Waals surface area (Å²) in [6.45, 7) is 9.09. The summed E-state index contributed by atoms with van der Waals surface area (Å²) in [6, 6.07) is 0. The smallest absolute Gasteiger partial charge is 0.222 e. The third-order valence-corrected chi connectivity index (χ3v) is 4.12. The van der Waals surface area contributed by atoms with Gasteiger partial charge in [-0.3, -0.25) is 0 Å². The summed E-state index contributed by atoms with van der Waals surface area (Å²) in [5, 5.41) is 3.12. The van der Waals surface area contributed by atoms with Crippen LogP contribution in [0.15, 0.2) is 6.33 Å². The fraction of sp³-hybridized carbons (Fsp3) is 0.750. The topological polar surface area (TPSA) is 47.0 Å². The Hall–Kier alpha value is -1.32. The van der Waals surface area contributed by atoms with E-state index in [0.29, 0.717) is 11.3 Å². The summed E-state index contributed by atoms with van der Waals surface area (Å²) >= 11 is 0. The van der Waals surface area contributed by atoms with Gasteiger partial charge >= 0.3 is 0 Å². The Morgan fingerprint density at radius 3 is 2.70 bits per heavy atom. The molecule has 0 spiro atoms. The van der Waals surface area contributed by atoms with Gasteiger partial charge in [-0.2, -0.15) is 0 Å². The third kappa shape index (κ3) is 3.41. The Labute approximate surface area is 122 Å². The van der Waals surface area contributed by atoms with E-state index in [1.54, 1.807) is 6.33 Å². The van der Waals surface area contributed by atoms with Gasteiger partial charge in [0.1, 0.15) is 18.2 Å². The fourth-order valence-corrected chi connectivity index (χ4v) is 3.54. The minimum absolute atomic E-state index is 0.263. The summed E-state index contributed by atoms with van der Waals surface area (Å²) in [4.78, 5) is 8.61. The van der Waals surface area contributed by atoms with E-state index in [2.05, 4.69) is 43.0 Å². The number of rotatable bonds is 4. The fourth-order valence-electron chi connectivity index (χ4n) is 3.54. The number of anilines is 1. The molecule has 2 rings (SSSR count). The maximum absolute atomic E-state index is 6.23. The van der Waals surface area contributed by atoms with Crippen molar-refractivity contribution in [2.24, 2.45) is 11.3 Å². The van der Waals surface area contributed by atoms with Gasteiger partial charge in [-0.25, -0.2) is 9.97 Å². The molecule has 1 aliphatic rings. The van der Waals surface area contributed by atoms with Gasteiger partial charge in [0.2, 0.25) is 5.88 Å². The van der Waals surface area contributed by atoms with Crippen LogP contribution in [0.1, 0.15) is 52.5 Å². The molecule has 2 unspecified atom stereocenters. The van der Waals surface area contributed by atoms with Crippen LogP contribution in [0.2, 0.25) is 0 Å². The quantitative estimate of drug-likeness (QED) is 0.912.